The van der Waals surface area contributed by atoms with Crippen molar-refractivity contribution in [3.63, 3.8) is 0 Å². The minimum atomic E-state index is -4.12. The molecule has 0 aliphatic heterocycles. The maximum Gasteiger partial charge on any atom is 0.339 e. The van der Waals surface area contributed by atoms with Gasteiger partial charge < -0.3 is 8.92 Å². The highest BCUT2D eigenvalue weighted by Gasteiger charge is 2.21. The van der Waals surface area contributed by atoms with Gasteiger partial charge in [0.05, 0.1) is 23.4 Å². The molecule has 3 rings (SSSR count). The van der Waals surface area contributed by atoms with Gasteiger partial charge in [0.2, 0.25) is 0 Å². The second kappa shape index (κ2) is 9.82. The van der Waals surface area contributed by atoms with Gasteiger partial charge in [0, 0.05) is 11.1 Å². The first-order valence-corrected chi connectivity index (χ1v) is 10.9. The van der Waals surface area contributed by atoms with Crippen LogP contribution in [0.15, 0.2) is 76.7 Å². The molecule has 10 heteroatoms. The van der Waals surface area contributed by atoms with E-state index >= 15 is 0 Å². The number of methoxy groups -OCH3 is 1. The summed E-state index contributed by atoms with van der Waals surface area (Å²) in [5.74, 6) is -0.419. The Morgan fingerprint density at radius 1 is 1.00 bits per heavy atom. The third kappa shape index (κ3) is 5.55. The topological polar surface area (TPSA) is 94.1 Å². The number of carbonyl (C=O) groups excluding carboxylic acids is 1. The van der Waals surface area contributed by atoms with Gasteiger partial charge >= 0.3 is 10.1 Å². The molecule has 0 saturated carbocycles. The molecule has 1 N–H and O–H groups in total. The molecule has 0 spiro atoms. The fourth-order valence-electron chi connectivity index (χ4n) is 2.49. The Kier molecular flexibility index (Phi) is 7.17. The number of hydrazone groups is 1. The van der Waals surface area contributed by atoms with Gasteiger partial charge in [0.1, 0.15) is 4.90 Å². The summed E-state index contributed by atoms with van der Waals surface area (Å²) >= 11 is 11.8. The molecule has 160 valence electrons. The van der Waals surface area contributed by atoms with E-state index < -0.39 is 16.0 Å². The summed E-state index contributed by atoms with van der Waals surface area (Å²) in [6, 6.07) is 16.8. The lowest BCUT2D eigenvalue weighted by atomic mass is 10.2. The van der Waals surface area contributed by atoms with Gasteiger partial charge in [-0.1, -0.05) is 47.5 Å². The van der Waals surface area contributed by atoms with E-state index in [9.17, 15) is 13.2 Å². The summed E-state index contributed by atoms with van der Waals surface area (Å²) in [7, 11) is -2.74. The normalized spacial score (nSPS) is 11.3. The van der Waals surface area contributed by atoms with Gasteiger partial charge in [0.15, 0.2) is 11.5 Å². The van der Waals surface area contributed by atoms with Crippen LogP contribution in [0.3, 0.4) is 0 Å². The predicted octanol–water partition coefficient (Wildman–Crippen LogP) is 4.53. The third-order valence-corrected chi connectivity index (χ3v) is 5.98. The molecule has 0 aliphatic rings. The highest BCUT2D eigenvalue weighted by atomic mass is 35.5. The van der Waals surface area contributed by atoms with E-state index in [1.807, 2.05) is 0 Å². The molecule has 0 heterocycles. The average molecular weight is 479 g/mol. The highest BCUT2D eigenvalue weighted by molar-refractivity contribution is 7.87. The first-order valence-electron chi connectivity index (χ1n) is 8.77. The summed E-state index contributed by atoms with van der Waals surface area (Å²) in [6.45, 7) is 0. The van der Waals surface area contributed by atoms with Crippen LogP contribution >= 0.6 is 23.2 Å². The van der Waals surface area contributed by atoms with Gasteiger partial charge in [-0.2, -0.15) is 13.5 Å². The van der Waals surface area contributed by atoms with E-state index in [-0.39, 0.29) is 32.5 Å². The van der Waals surface area contributed by atoms with Crippen LogP contribution in [0.4, 0.5) is 0 Å². The minimum Gasteiger partial charge on any atom is -0.493 e. The van der Waals surface area contributed by atoms with Crippen molar-refractivity contribution in [2.24, 2.45) is 5.10 Å². The lowest BCUT2D eigenvalue weighted by molar-refractivity contribution is 0.0955. The van der Waals surface area contributed by atoms with E-state index in [2.05, 4.69) is 10.5 Å². The smallest absolute Gasteiger partial charge is 0.339 e. The number of para-hydroxylation sites is 1. The number of nitrogens with zero attached hydrogens (tertiary/aromatic N) is 1. The number of hydrogen-bond acceptors (Lipinski definition) is 6. The number of amides is 1. The number of ether oxygens (including phenoxy) is 1. The van der Waals surface area contributed by atoms with E-state index in [0.29, 0.717) is 5.02 Å². The maximum atomic E-state index is 12.6. The molecule has 0 aliphatic carbocycles. The van der Waals surface area contributed by atoms with Crippen molar-refractivity contribution in [1.29, 1.82) is 0 Å². The Hall–Kier alpha value is -3.07. The molecule has 0 saturated heterocycles. The SMILES string of the molecule is COc1cccc(/C=N/NC(=O)c2ccc(Cl)c(Cl)c2)c1OS(=O)(=O)c1ccccc1. The van der Waals surface area contributed by atoms with E-state index in [0.717, 1.165) is 0 Å². The number of rotatable bonds is 7. The fourth-order valence-corrected chi connectivity index (χ4v) is 3.77. The summed E-state index contributed by atoms with van der Waals surface area (Å²) in [6.07, 6.45) is 1.24. The quantitative estimate of drug-likeness (QED) is 0.305. The number of carbonyl (C=O) groups is 1. The Morgan fingerprint density at radius 3 is 2.42 bits per heavy atom. The zero-order valence-corrected chi connectivity index (χ0v) is 18.4. The van der Waals surface area contributed by atoms with Crippen LogP contribution in [0, 0.1) is 0 Å². The van der Waals surface area contributed by atoms with Crippen LogP contribution in [0.25, 0.3) is 0 Å². The molecule has 31 heavy (non-hydrogen) atoms. The van der Waals surface area contributed by atoms with Crippen LogP contribution in [0.2, 0.25) is 10.0 Å². The minimum absolute atomic E-state index is 0.0169. The molecule has 0 aromatic heterocycles. The number of benzene rings is 3. The number of nitrogens with one attached hydrogen (secondary N) is 1. The van der Waals surface area contributed by atoms with Crippen LogP contribution < -0.4 is 14.3 Å². The standard InChI is InChI=1S/C21H16Cl2N2O5S/c1-29-19-9-5-6-15(20(19)30-31(27,28)16-7-3-2-4-8-16)13-24-25-21(26)14-10-11-17(22)18(23)12-14/h2-13H,1H3,(H,25,26)/b24-13+. The van der Waals surface area contributed by atoms with E-state index in [1.54, 1.807) is 36.4 Å². The van der Waals surface area contributed by atoms with Crippen molar-refractivity contribution in [3.8, 4) is 11.5 Å². The highest BCUT2D eigenvalue weighted by Crippen LogP contribution is 2.32. The monoisotopic (exact) mass is 478 g/mol. The Labute approximate surface area is 189 Å². The molecule has 0 fully saturated rings. The predicted molar refractivity (Wildman–Crippen MR) is 119 cm³/mol. The van der Waals surface area contributed by atoms with Crippen LogP contribution in [-0.4, -0.2) is 27.6 Å². The average Bonchev–Trinajstić information content (AvgIpc) is 2.77. The fraction of sp³-hybridized carbons (Fsp3) is 0.0476. The van der Waals surface area contributed by atoms with Gasteiger partial charge in [-0.3, -0.25) is 4.79 Å². The molecule has 3 aromatic rings. The first kappa shape index (κ1) is 22.6. The zero-order valence-electron chi connectivity index (χ0n) is 16.1. The van der Waals surface area contributed by atoms with Crippen molar-refractivity contribution < 1.29 is 22.1 Å². The molecular formula is C21H16Cl2N2O5S. The van der Waals surface area contributed by atoms with Crippen LogP contribution in [0.5, 0.6) is 11.5 Å². The van der Waals surface area contributed by atoms with Crippen molar-refractivity contribution in [2.75, 3.05) is 7.11 Å². The van der Waals surface area contributed by atoms with Gasteiger partial charge in [-0.25, -0.2) is 5.43 Å². The number of hydrogen-bond donors (Lipinski definition) is 1. The van der Waals surface area contributed by atoms with Crippen molar-refractivity contribution >= 4 is 45.4 Å². The van der Waals surface area contributed by atoms with Crippen molar-refractivity contribution in [3.05, 3.63) is 87.9 Å². The summed E-state index contributed by atoms with van der Waals surface area (Å²) < 4.78 is 35.8. The summed E-state index contributed by atoms with van der Waals surface area (Å²) in [5, 5.41) is 4.43. The van der Waals surface area contributed by atoms with E-state index in [1.165, 1.54) is 43.7 Å². The second-order valence-electron chi connectivity index (χ2n) is 6.06. The zero-order chi connectivity index (χ0) is 22.4. The third-order valence-electron chi connectivity index (χ3n) is 4.01. The Bertz CT molecular complexity index is 1230. The summed E-state index contributed by atoms with van der Waals surface area (Å²) in [5.41, 5.74) is 2.86. The largest absolute Gasteiger partial charge is 0.493 e. The van der Waals surface area contributed by atoms with E-state index in [4.69, 9.17) is 32.1 Å². The molecule has 0 atom stereocenters. The number of halogens is 2. The van der Waals surface area contributed by atoms with Gasteiger partial charge in [-0.15, -0.1) is 0 Å². The molecule has 1 amide bonds. The lowest BCUT2D eigenvalue weighted by Crippen LogP contribution is -2.17. The lowest BCUT2D eigenvalue weighted by Gasteiger charge is -2.13. The Balaban J connectivity index is 1.85. The van der Waals surface area contributed by atoms with Gasteiger partial charge in [0.25, 0.3) is 5.91 Å². The second-order valence-corrected chi connectivity index (χ2v) is 8.42. The van der Waals surface area contributed by atoms with Crippen molar-refractivity contribution in [1.82, 2.24) is 5.43 Å². The van der Waals surface area contributed by atoms with Crippen molar-refractivity contribution in [2.45, 2.75) is 4.90 Å². The maximum absolute atomic E-state index is 12.6. The molecule has 3 aromatic carbocycles. The van der Waals surface area contributed by atoms with Crippen LogP contribution in [-0.2, 0) is 10.1 Å². The van der Waals surface area contributed by atoms with Gasteiger partial charge in [-0.05, 0) is 42.5 Å². The summed E-state index contributed by atoms with van der Waals surface area (Å²) in [4.78, 5) is 12.2. The first-order chi connectivity index (χ1) is 14.8. The Morgan fingerprint density at radius 2 is 1.74 bits per heavy atom. The molecule has 0 radical (unpaired) electrons. The molecule has 0 bridgehead atoms. The molecule has 7 nitrogen and oxygen atoms in total. The van der Waals surface area contributed by atoms with Crippen LogP contribution in [0.1, 0.15) is 15.9 Å². The molecular weight excluding hydrogens is 463 g/mol. The molecule has 0 unspecified atom stereocenters.